The molecule has 35 heavy (non-hydrogen) atoms. The van der Waals surface area contributed by atoms with Gasteiger partial charge in [0.25, 0.3) is 5.91 Å². The molecule has 0 bridgehead atoms. The predicted molar refractivity (Wildman–Crippen MR) is 124 cm³/mol. The van der Waals surface area contributed by atoms with Crippen molar-refractivity contribution in [2.75, 3.05) is 11.4 Å². The summed E-state index contributed by atoms with van der Waals surface area (Å²) in [5, 5.41) is 2.73. The molecule has 1 heterocycles. The Kier molecular flexibility index (Phi) is 6.42. The van der Waals surface area contributed by atoms with Gasteiger partial charge in [-0.3, -0.25) is 19.2 Å². The standard InChI is InChI=1S/C26H21F2N3O4/c1-14(15-4-2-5-16(10-15)17-6-3-7-18(11-17)24(29)33)30-25(34)20-13-31(26(35)23(20)32)22-9-8-19(27)12-21(22)28/h2-12,14,20H,13H2,1H3,(H2,29,33)(H,30,34)/t14-,20?/m1/s1. The molecule has 0 radical (unpaired) electrons. The number of nitrogens with one attached hydrogen (secondary N) is 1. The van der Waals surface area contributed by atoms with Crippen molar-refractivity contribution in [3.05, 3.63) is 89.5 Å². The Morgan fingerprint density at radius 2 is 1.69 bits per heavy atom. The van der Waals surface area contributed by atoms with Crippen LogP contribution in [-0.2, 0) is 14.4 Å². The molecular formula is C26H21F2N3O4. The minimum atomic E-state index is -1.33. The van der Waals surface area contributed by atoms with E-state index in [1.54, 1.807) is 37.3 Å². The SMILES string of the molecule is C[C@@H](NC(=O)C1CN(c2ccc(F)cc2F)C(=O)C1=O)c1cccc(-c2cccc(C(N)=O)c2)c1. The summed E-state index contributed by atoms with van der Waals surface area (Å²) in [5.74, 6) is -6.37. The van der Waals surface area contributed by atoms with E-state index in [4.69, 9.17) is 5.73 Å². The third-order valence-electron chi connectivity index (χ3n) is 5.88. The molecule has 1 aliphatic heterocycles. The number of nitrogens with two attached hydrogens (primary N) is 1. The summed E-state index contributed by atoms with van der Waals surface area (Å²) in [4.78, 5) is 50.1. The van der Waals surface area contributed by atoms with Crippen LogP contribution in [0.3, 0.4) is 0 Å². The highest BCUT2D eigenvalue weighted by Gasteiger charge is 2.44. The fourth-order valence-electron chi connectivity index (χ4n) is 3.98. The number of nitrogens with zero attached hydrogens (tertiary/aromatic N) is 1. The zero-order valence-corrected chi connectivity index (χ0v) is 18.6. The molecule has 0 spiro atoms. The summed E-state index contributed by atoms with van der Waals surface area (Å²) in [6.07, 6.45) is 0. The highest BCUT2D eigenvalue weighted by Crippen LogP contribution is 2.28. The van der Waals surface area contributed by atoms with Crippen molar-refractivity contribution in [1.29, 1.82) is 0 Å². The Hall–Kier alpha value is -4.40. The number of Topliss-reactive ketones (excluding diaryl/α,β-unsaturated/α-hetero) is 1. The predicted octanol–water partition coefficient (Wildman–Crippen LogP) is 3.14. The van der Waals surface area contributed by atoms with Crippen molar-refractivity contribution in [2.24, 2.45) is 11.7 Å². The molecule has 1 aliphatic rings. The molecular weight excluding hydrogens is 456 g/mol. The first-order valence-corrected chi connectivity index (χ1v) is 10.8. The Morgan fingerprint density at radius 1 is 1.00 bits per heavy atom. The van der Waals surface area contributed by atoms with E-state index in [9.17, 15) is 28.0 Å². The summed E-state index contributed by atoms with van der Waals surface area (Å²) in [6.45, 7) is 1.37. The van der Waals surface area contributed by atoms with Crippen LogP contribution in [0, 0.1) is 17.6 Å². The number of carbonyl (C=O) groups excluding carboxylic acids is 4. The van der Waals surface area contributed by atoms with E-state index in [0.717, 1.165) is 33.7 Å². The highest BCUT2D eigenvalue weighted by atomic mass is 19.1. The minimum absolute atomic E-state index is 0.265. The van der Waals surface area contributed by atoms with E-state index in [0.29, 0.717) is 11.6 Å². The number of halogens is 2. The maximum absolute atomic E-state index is 14.1. The fraction of sp³-hybridized carbons (Fsp3) is 0.154. The number of ketones is 1. The van der Waals surface area contributed by atoms with Gasteiger partial charge in [0.05, 0.1) is 11.7 Å². The largest absolute Gasteiger partial charge is 0.366 e. The van der Waals surface area contributed by atoms with Crippen molar-refractivity contribution in [2.45, 2.75) is 13.0 Å². The van der Waals surface area contributed by atoms with Crippen LogP contribution in [0.5, 0.6) is 0 Å². The van der Waals surface area contributed by atoms with Crippen LogP contribution in [0.1, 0.15) is 28.9 Å². The summed E-state index contributed by atoms with van der Waals surface area (Å²) in [5.41, 5.74) is 7.72. The lowest BCUT2D eigenvalue weighted by Gasteiger charge is -2.19. The molecule has 9 heteroatoms. The molecule has 3 aromatic rings. The minimum Gasteiger partial charge on any atom is -0.366 e. The van der Waals surface area contributed by atoms with Gasteiger partial charge in [-0.05, 0) is 53.9 Å². The van der Waals surface area contributed by atoms with Gasteiger partial charge in [-0.15, -0.1) is 0 Å². The van der Waals surface area contributed by atoms with Crippen molar-refractivity contribution in [1.82, 2.24) is 5.32 Å². The molecule has 0 saturated carbocycles. The first-order chi connectivity index (χ1) is 16.7. The zero-order chi connectivity index (χ0) is 25.3. The van der Waals surface area contributed by atoms with Crippen LogP contribution >= 0.6 is 0 Å². The third-order valence-corrected chi connectivity index (χ3v) is 5.88. The maximum atomic E-state index is 14.1. The van der Waals surface area contributed by atoms with Crippen LogP contribution < -0.4 is 16.0 Å². The number of primary amides is 1. The van der Waals surface area contributed by atoms with Crippen LogP contribution in [-0.4, -0.2) is 30.0 Å². The molecule has 3 amide bonds. The Morgan fingerprint density at radius 3 is 2.37 bits per heavy atom. The molecule has 0 aromatic heterocycles. The molecule has 1 fully saturated rings. The van der Waals surface area contributed by atoms with Gasteiger partial charge in [0.15, 0.2) is 0 Å². The molecule has 1 unspecified atom stereocenters. The van der Waals surface area contributed by atoms with Gasteiger partial charge in [0.1, 0.15) is 17.6 Å². The Balaban J connectivity index is 1.50. The average molecular weight is 477 g/mol. The van der Waals surface area contributed by atoms with Gasteiger partial charge in [0.2, 0.25) is 17.6 Å². The number of hydrogen-bond acceptors (Lipinski definition) is 4. The molecule has 0 aliphatic carbocycles. The number of anilines is 1. The number of benzene rings is 3. The first kappa shape index (κ1) is 23.7. The first-order valence-electron chi connectivity index (χ1n) is 10.8. The number of hydrogen-bond donors (Lipinski definition) is 2. The summed E-state index contributed by atoms with van der Waals surface area (Å²) in [7, 11) is 0. The normalized spacial score (nSPS) is 16.3. The summed E-state index contributed by atoms with van der Waals surface area (Å²) < 4.78 is 27.4. The molecule has 2 atom stereocenters. The quantitative estimate of drug-likeness (QED) is 0.420. The lowest BCUT2D eigenvalue weighted by molar-refractivity contribution is -0.139. The van der Waals surface area contributed by atoms with Gasteiger partial charge in [-0.25, -0.2) is 8.78 Å². The van der Waals surface area contributed by atoms with Crippen LogP contribution in [0.4, 0.5) is 14.5 Å². The topological polar surface area (TPSA) is 110 Å². The summed E-state index contributed by atoms with van der Waals surface area (Å²) in [6, 6.07) is 16.1. The maximum Gasteiger partial charge on any atom is 0.295 e. The zero-order valence-electron chi connectivity index (χ0n) is 18.6. The van der Waals surface area contributed by atoms with Gasteiger partial charge in [-0.1, -0.05) is 30.3 Å². The van der Waals surface area contributed by atoms with E-state index in [1.165, 1.54) is 0 Å². The lowest BCUT2D eigenvalue weighted by Crippen LogP contribution is -2.37. The molecule has 4 rings (SSSR count). The fourth-order valence-corrected chi connectivity index (χ4v) is 3.98. The van der Waals surface area contributed by atoms with Gasteiger partial charge < -0.3 is 16.0 Å². The second-order valence-electron chi connectivity index (χ2n) is 8.23. The van der Waals surface area contributed by atoms with Gasteiger partial charge >= 0.3 is 0 Å². The van der Waals surface area contributed by atoms with Crippen molar-refractivity contribution in [3.8, 4) is 11.1 Å². The summed E-state index contributed by atoms with van der Waals surface area (Å²) >= 11 is 0. The van der Waals surface area contributed by atoms with E-state index in [2.05, 4.69) is 5.32 Å². The molecule has 178 valence electrons. The van der Waals surface area contributed by atoms with Crippen LogP contribution in [0.15, 0.2) is 66.7 Å². The highest BCUT2D eigenvalue weighted by molar-refractivity contribution is 6.47. The number of rotatable bonds is 6. The van der Waals surface area contributed by atoms with Crippen molar-refractivity contribution >= 4 is 29.2 Å². The van der Waals surface area contributed by atoms with Crippen LogP contribution in [0.2, 0.25) is 0 Å². The average Bonchev–Trinajstić information content (AvgIpc) is 3.13. The van der Waals surface area contributed by atoms with Gasteiger partial charge in [0, 0.05) is 18.2 Å². The van der Waals surface area contributed by atoms with Crippen LogP contribution in [0.25, 0.3) is 11.1 Å². The van der Waals surface area contributed by atoms with Gasteiger partial charge in [-0.2, -0.15) is 0 Å². The Labute approximate surface area is 199 Å². The number of amides is 3. The van der Waals surface area contributed by atoms with E-state index in [1.807, 2.05) is 18.2 Å². The monoisotopic (exact) mass is 477 g/mol. The second kappa shape index (κ2) is 9.46. The lowest BCUT2D eigenvalue weighted by atomic mass is 9.98. The second-order valence-corrected chi connectivity index (χ2v) is 8.23. The Bertz CT molecular complexity index is 1360. The number of carbonyl (C=O) groups is 4. The van der Waals surface area contributed by atoms with E-state index in [-0.39, 0.29) is 12.2 Å². The van der Waals surface area contributed by atoms with Crippen molar-refractivity contribution < 1.29 is 28.0 Å². The molecule has 3 N–H and O–H groups in total. The van der Waals surface area contributed by atoms with E-state index >= 15 is 0 Å². The molecule has 3 aromatic carbocycles. The molecule has 1 saturated heterocycles. The third kappa shape index (κ3) is 4.79. The smallest absolute Gasteiger partial charge is 0.295 e. The molecule has 7 nitrogen and oxygen atoms in total. The van der Waals surface area contributed by atoms with Crippen molar-refractivity contribution in [3.63, 3.8) is 0 Å². The van der Waals surface area contributed by atoms with E-state index < -0.39 is 47.1 Å².